The van der Waals surface area contributed by atoms with E-state index in [0.29, 0.717) is 29.7 Å². The Bertz CT molecular complexity index is 1150. The number of carbonyl (C=O) groups excluding carboxylic acids is 1. The molecule has 2 N–H and O–H groups in total. The molecule has 1 aromatic carbocycles. The van der Waals surface area contributed by atoms with Crippen molar-refractivity contribution in [2.24, 2.45) is 11.1 Å². The van der Waals surface area contributed by atoms with Gasteiger partial charge in [0, 0.05) is 43.8 Å². The number of thioether (sulfide) groups is 1. The molecule has 1 atom stereocenters. The van der Waals surface area contributed by atoms with E-state index in [1.54, 1.807) is 23.1 Å². The Hall–Kier alpha value is -2.20. The Morgan fingerprint density at radius 2 is 2.03 bits per heavy atom. The predicted molar refractivity (Wildman–Crippen MR) is 126 cm³/mol. The van der Waals surface area contributed by atoms with Crippen LogP contribution in [0.25, 0.3) is 0 Å². The molecule has 0 bridgehead atoms. The van der Waals surface area contributed by atoms with Crippen molar-refractivity contribution in [1.82, 2.24) is 0 Å². The van der Waals surface area contributed by atoms with Gasteiger partial charge in [-0.2, -0.15) is 5.26 Å². The van der Waals surface area contributed by atoms with Crippen molar-refractivity contribution in [3.05, 3.63) is 73.5 Å². The summed E-state index contributed by atoms with van der Waals surface area (Å²) in [6.45, 7) is 6.17. The quantitative estimate of drug-likeness (QED) is 0.519. The van der Waals surface area contributed by atoms with Gasteiger partial charge in [-0.25, -0.2) is 0 Å². The summed E-state index contributed by atoms with van der Waals surface area (Å²) < 4.78 is 5.79. The zero-order valence-corrected chi connectivity index (χ0v) is 20.0. The van der Waals surface area contributed by atoms with Gasteiger partial charge in [-0.05, 0) is 48.2 Å². The van der Waals surface area contributed by atoms with Crippen LogP contribution in [0.1, 0.15) is 47.9 Å². The van der Waals surface area contributed by atoms with Crippen molar-refractivity contribution in [2.75, 3.05) is 0 Å². The molecule has 0 saturated carbocycles. The number of ketones is 1. The van der Waals surface area contributed by atoms with Gasteiger partial charge in [0.25, 0.3) is 0 Å². The number of thiophene rings is 1. The van der Waals surface area contributed by atoms with E-state index in [0.717, 1.165) is 20.5 Å². The molecule has 4 rings (SSSR count). The van der Waals surface area contributed by atoms with Crippen molar-refractivity contribution in [2.45, 2.75) is 50.2 Å². The van der Waals surface area contributed by atoms with Crippen LogP contribution in [0.15, 0.2) is 58.0 Å². The third kappa shape index (κ3) is 4.41. The first kappa shape index (κ1) is 22.0. The fourth-order valence-corrected chi connectivity index (χ4v) is 6.43. The number of ether oxygens (including phenoxy) is 1. The molecule has 2 aromatic rings. The second kappa shape index (κ2) is 8.38. The summed E-state index contributed by atoms with van der Waals surface area (Å²) in [5, 5.41) is 10.5. The van der Waals surface area contributed by atoms with Gasteiger partial charge in [0.1, 0.15) is 17.4 Å². The van der Waals surface area contributed by atoms with E-state index in [9.17, 15) is 10.1 Å². The van der Waals surface area contributed by atoms with Crippen LogP contribution in [0.5, 0.6) is 0 Å². The van der Waals surface area contributed by atoms with Crippen LogP contribution in [-0.2, 0) is 15.3 Å². The molecule has 4 nitrogen and oxygen atoms in total. The molecule has 31 heavy (non-hydrogen) atoms. The third-order valence-corrected chi connectivity index (χ3v) is 8.08. The molecule has 0 spiro atoms. The number of rotatable bonds is 4. The summed E-state index contributed by atoms with van der Waals surface area (Å²) in [6.07, 6.45) is 1.07. The minimum atomic E-state index is -0.449. The van der Waals surface area contributed by atoms with Gasteiger partial charge in [0.05, 0.1) is 5.92 Å². The molecule has 1 aromatic heterocycles. The highest BCUT2D eigenvalue weighted by Crippen LogP contribution is 2.49. The molecular formula is C24H23ClN2O2S2. The number of nitrogens with two attached hydrogens (primary N) is 1. The number of Topliss-reactive ketones (excluding diaryl/α,β-unsaturated/α-hetero) is 1. The third-order valence-electron chi connectivity index (χ3n) is 5.61. The predicted octanol–water partition coefficient (Wildman–Crippen LogP) is 6.45. The second-order valence-corrected chi connectivity index (χ2v) is 11.4. The Kier molecular flexibility index (Phi) is 5.95. The van der Waals surface area contributed by atoms with Gasteiger partial charge in [-0.3, -0.25) is 4.79 Å². The summed E-state index contributed by atoms with van der Waals surface area (Å²) >= 11 is 9.33. The number of aryl methyl sites for hydroxylation is 1. The van der Waals surface area contributed by atoms with Crippen molar-refractivity contribution < 1.29 is 9.53 Å². The average Bonchev–Trinajstić information content (AvgIpc) is 3.06. The number of hydrogen-bond acceptors (Lipinski definition) is 6. The van der Waals surface area contributed by atoms with Crippen molar-refractivity contribution in [1.29, 1.82) is 5.26 Å². The number of benzene rings is 1. The molecule has 7 heteroatoms. The number of carbonyl (C=O) groups is 1. The lowest BCUT2D eigenvalue weighted by Gasteiger charge is -2.36. The maximum atomic E-state index is 13.1. The van der Waals surface area contributed by atoms with Gasteiger partial charge in [-0.1, -0.05) is 25.4 Å². The summed E-state index contributed by atoms with van der Waals surface area (Å²) in [4.78, 5) is 16.4. The van der Waals surface area contributed by atoms with Crippen LogP contribution in [0, 0.1) is 23.7 Å². The molecule has 1 aliphatic heterocycles. The zero-order valence-electron chi connectivity index (χ0n) is 17.6. The Balaban J connectivity index is 1.68. The molecule has 0 radical (unpaired) electrons. The number of hydrogen-bond donors (Lipinski definition) is 1. The van der Waals surface area contributed by atoms with Crippen LogP contribution in [0.3, 0.4) is 0 Å². The average molecular weight is 471 g/mol. The Morgan fingerprint density at radius 1 is 1.32 bits per heavy atom. The largest absolute Gasteiger partial charge is 0.444 e. The first-order valence-corrected chi connectivity index (χ1v) is 12.2. The first-order chi connectivity index (χ1) is 14.7. The van der Waals surface area contributed by atoms with E-state index in [-0.39, 0.29) is 17.1 Å². The van der Waals surface area contributed by atoms with Crippen LogP contribution in [0.4, 0.5) is 0 Å². The number of nitriles is 1. The van der Waals surface area contributed by atoms with Crippen LogP contribution >= 0.6 is 34.7 Å². The standard InChI is InChI=1S/C24H23ClN2O2S2/c1-13-14(12-30-16-6-4-15(25)5-7-16)8-20(31-13)21-17(11-26)23(27)29-19-10-24(2,3)9-18(28)22(19)21/h4-8,21H,9-10,12,27H2,1-3H3/t21-/m1/s1. The number of allylic oxidation sites excluding steroid dienone is 3. The SMILES string of the molecule is Cc1sc([C@H]2C(C#N)=C(N)OC3=C2C(=O)CC(C)(C)C3)cc1CSc1ccc(Cl)cc1. The van der Waals surface area contributed by atoms with Crippen LogP contribution < -0.4 is 5.73 Å². The van der Waals surface area contributed by atoms with E-state index < -0.39 is 5.92 Å². The molecule has 2 aliphatic rings. The minimum Gasteiger partial charge on any atom is -0.444 e. The topological polar surface area (TPSA) is 76.1 Å². The smallest absolute Gasteiger partial charge is 0.205 e. The summed E-state index contributed by atoms with van der Waals surface area (Å²) in [5.74, 6) is 1.11. The van der Waals surface area contributed by atoms with E-state index in [1.807, 2.05) is 38.1 Å². The monoisotopic (exact) mass is 470 g/mol. The van der Waals surface area contributed by atoms with Crippen molar-refractivity contribution >= 4 is 40.5 Å². The highest BCUT2D eigenvalue weighted by Gasteiger charge is 2.43. The molecule has 0 fully saturated rings. The summed E-state index contributed by atoms with van der Waals surface area (Å²) in [5.41, 5.74) is 8.06. The lowest BCUT2D eigenvalue weighted by atomic mass is 9.71. The van der Waals surface area contributed by atoms with Gasteiger partial charge in [0.2, 0.25) is 5.88 Å². The second-order valence-electron chi connectivity index (χ2n) is 8.68. The van der Waals surface area contributed by atoms with Gasteiger partial charge >= 0.3 is 0 Å². The van der Waals surface area contributed by atoms with Crippen molar-refractivity contribution in [3.63, 3.8) is 0 Å². The molecule has 160 valence electrons. The summed E-state index contributed by atoms with van der Waals surface area (Å²) in [6, 6.07) is 12.1. The highest BCUT2D eigenvalue weighted by atomic mass is 35.5. The van der Waals surface area contributed by atoms with E-state index in [1.165, 1.54) is 10.4 Å². The van der Waals surface area contributed by atoms with Crippen molar-refractivity contribution in [3.8, 4) is 6.07 Å². The maximum Gasteiger partial charge on any atom is 0.205 e. The van der Waals surface area contributed by atoms with Gasteiger partial charge < -0.3 is 10.5 Å². The molecule has 2 heterocycles. The molecule has 0 amide bonds. The van der Waals surface area contributed by atoms with Crippen LogP contribution in [0.2, 0.25) is 5.02 Å². The van der Waals surface area contributed by atoms with E-state index in [2.05, 4.69) is 19.1 Å². The lowest BCUT2D eigenvalue weighted by molar-refractivity contribution is -0.119. The molecule has 0 saturated heterocycles. The lowest BCUT2D eigenvalue weighted by Crippen LogP contribution is -2.33. The molecular weight excluding hydrogens is 448 g/mol. The maximum absolute atomic E-state index is 13.1. The summed E-state index contributed by atoms with van der Waals surface area (Å²) in [7, 11) is 0. The molecule has 0 unspecified atom stereocenters. The Morgan fingerprint density at radius 3 is 2.71 bits per heavy atom. The number of halogens is 1. The van der Waals surface area contributed by atoms with E-state index >= 15 is 0 Å². The highest BCUT2D eigenvalue weighted by molar-refractivity contribution is 7.98. The normalized spacial score (nSPS) is 20.4. The first-order valence-electron chi connectivity index (χ1n) is 10.00. The molecule has 1 aliphatic carbocycles. The number of nitrogens with zero attached hydrogens (tertiary/aromatic N) is 1. The minimum absolute atomic E-state index is 0.0413. The zero-order chi connectivity index (χ0) is 22.3. The van der Waals surface area contributed by atoms with Crippen LogP contribution in [-0.4, -0.2) is 5.78 Å². The fourth-order valence-electron chi connectivity index (χ4n) is 4.09. The fraction of sp³-hybridized carbons (Fsp3) is 0.333. The Labute approximate surface area is 195 Å². The van der Waals surface area contributed by atoms with Gasteiger partial charge in [-0.15, -0.1) is 23.1 Å². The van der Waals surface area contributed by atoms with E-state index in [4.69, 9.17) is 22.1 Å². The van der Waals surface area contributed by atoms with Gasteiger partial charge in [0.15, 0.2) is 5.78 Å².